The lowest BCUT2D eigenvalue weighted by Crippen LogP contribution is -2.26. The van der Waals surface area contributed by atoms with Crippen LogP contribution in [0.2, 0.25) is 5.02 Å². The van der Waals surface area contributed by atoms with Gasteiger partial charge in [-0.3, -0.25) is 14.9 Å². The summed E-state index contributed by atoms with van der Waals surface area (Å²) in [6.07, 6.45) is 1.78. The van der Waals surface area contributed by atoms with Crippen molar-refractivity contribution in [1.29, 1.82) is 5.26 Å². The van der Waals surface area contributed by atoms with E-state index in [2.05, 4.69) is 5.32 Å². The molecule has 0 saturated heterocycles. The van der Waals surface area contributed by atoms with Crippen LogP contribution in [0.5, 0.6) is 11.5 Å². The van der Waals surface area contributed by atoms with Gasteiger partial charge in [-0.25, -0.2) is 0 Å². The smallest absolute Gasteiger partial charge is 0.281 e. The van der Waals surface area contributed by atoms with Gasteiger partial charge in [-0.2, -0.15) is 5.26 Å². The molecule has 0 unspecified atom stereocenters. The van der Waals surface area contributed by atoms with E-state index < -0.39 is 10.8 Å². The van der Waals surface area contributed by atoms with Crippen LogP contribution in [0.1, 0.15) is 11.3 Å². The highest BCUT2D eigenvalue weighted by Gasteiger charge is 2.19. The van der Waals surface area contributed by atoms with Crippen molar-refractivity contribution in [3.8, 4) is 28.9 Å². The molecule has 1 aromatic heterocycles. The maximum Gasteiger partial charge on any atom is 0.281 e. The van der Waals surface area contributed by atoms with Crippen LogP contribution >= 0.6 is 11.6 Å². The number of benzene rings is 2. The molecule has 3 aromatic rings. The number of rotatable bonds is 9. The second-order valence-electron chi connectivity index (χ2n) is 6.99. The standard InChI is InChI=1S/C24H20ClN3O6/c1-32-22-7-3-15(11-23(22)33-2)9-10-27-24(29)16(14-26)12-18-5-8-21(34-18)19-6-4-17(25)13-20(19)28(30)31/h3-8,11-13H,9-10H2,1-2H3,(H,27,29)/b16-12+. The van der Waals surface area contributed by atoms with Gasteiger partial charge in [0.05, 0.1) is 24.7 Å². The molecule has 0 spiro atoms. The van der Waals surface area contributed by atoms with Crippen LogP contribution < -0.4 is 14.8 Å². The summed E-state index contributed by atoms with van der Waals surface area (Å²) in [7, 11) is 3.09. The highest BCUT2D eigenvalue weighted by molar-refractivity contribution is 6.30. The zero-order valence-electron chi connectivity index (χ0n) is 18.3. The Hall–Kier alpha value is -4.29. The lowest BCUT2D eigenvalue weighted by molar-refractivity contribution is -0.384. The van der Waals surface area contributed by atoms with Crippen LogP contribution in [0.3, 0.4) is 0 Å². The summed E-state index contributed by atoms with van der Waals surface area (Å²) in [5, 5.41) is 23.6. The number of amides is 1. The molecule has 9 nitrogen and oxygen atoms in total. The number of ether oxygens (including phenoxy) is 2. The zero-order valence-corrected chi connectivity index (χ0v) is 19.1. The first-order valence-electron chi connectivity index (χ1n) is 10.0. The summed E-state index contributed by atoms with van der Waals surface area (Å²) in [5.74, 6) is 1.02. The Morgan fingerprint density at radius 1 is 1.18 bits per heavy atom. The quantitative estimate of drug-likeness (QED) is 0.201. The van der Waals surface area contributed by atoms with E-state index >= 15 is 0 Å². The number of nitrogens with one attached hydrogen (secondary N) is 1. The number of nitro benzene ring substituents is 1. The van der Waals surface area contributed by atoms with Gasteiger partial charge in [0.15, 0.2) is 11.5 Å². The number of furan rings is 1. The Bertz CT molecular complexity index is 1290. The van der Waals surface area contributed by atoms with Gasteiger partial charge in [0.2, 0.25) is 0 Å². The minimum Gasteiger partial charge on any atom is -0.493 e. The van der Waals surface area contributed by atoms with Gasteiger partial charge in [0.1, 0.15) is 23.2 Å². The molecule has 1 amide bonds. The third kappa shape index (κ3) is 5.74. The highest BCUT2D eigenvalue weighted by atomic mass is 35.5. The number of hydrogen-bond donors (Lipinski definition) is 1. The lowest BCUT2D eigenvalue weighted by atomic mass is 10.1. The molecule has 0 fully saturated rings. The van der Waals surface area contributed by atoms with E-state index in [9.17, 15) is 20.2 Å². The fourth-order valence-corrected chi connectivity index (χ4v) is 3.35. The Morgan fingerprint density at radius 2 is 1.94 bits per heavy atom. The van der Waals surface area contributed by atoms with Gasteiger partial charge >= 0.3 is 0 Å². The fraction of sp³-hybridized carbons (Fsp3) is 0.167. The van der Waals surface area contributed by atoms with Gasteiger partial charge in [-0.15, -0.1) is 0 Å². The number of methoxy groups -OCH3 is 2. The minimum absolute atomic E-state index is 0.168. The maximum absolute atomic E-state index is 12.5. The first-order chi connectivity index (χ1) is 16.4. The normalized spacial score (nSPS) is 10.9. The molecule has 0 aliphatic heterocycles. The number of carbonyl (C=O) groups is 1. The summed E-state index contributed by atoms with van der Waals surface area (Å²) >= 11 is 5.85. The van der Waals surface area contributed by atoms with Crippen molar-refractivity contribution in [1.82, 2.24) is 5.32 Å². The Kier molecular flexibility index (Phi) is 7.90. The molecule has 2 aromatic carbocycles. The SMILES string of the molecule is COc1ccc(CCNC(=O)/C(C#N)=C/c2ccc(-c3ccc(Cl)cc3[N+](=O)[O-])o2)cc1OC. The second kappa shape index (κ2) is 11.0. The van der Waals surface area contributed by atoms with Crippen LogP contribution in [0.15, 0.2) is 58.5 Å². The van der Waals surface area contributed by atoms with Crippen molar-refractivity contribution in [2.45, 2.75) is 6.42 Å². The Morgan fingerprint density at radius 3 is 2.62 bits per heavy atom. The third-order valence-corrected chi connectivity index (χ3v) is 5.08. The van der Waals surface area contributed by atoms with Crippen molar-refractivity contribution < 1.29 is 23.6 Å². The lowest BCUT2D eigenvalue weighted by Gasteiger charge is -2.10. The van der Waals surface area contributed by atoms with Gasteiger partial charge in [-0.1, -0.05) is 17.7 Å². The van der Waals surface area contributed by atoms with Crippen LogP contribution in [0.25, 0.3) is 17.4 Å². The molecule has 0 atom stereocenters. The monoisotopic (exact) mass is 481 g/mol. The van der Waals surface area contributed by atoms with E-state index in [1.165, 1.54) is 36.4 Å². The van der Waals surface area contributed by atoms with Gasteiger partial charge in [-0.05, 0) is 48.4 Å². The number of halogens is 1. The molecule has 10 heteroatoms. The Balaban J connectivity index is 1.69. The largest absolute Gasteiger partial charge is 0.493 e. The Labute approximate surface area is 200 Å². The summed E-state index contributed by atoms with van der Waals surface area (Å²) < 4.78 is 16.1. The third-order valence-electron chi connectivity index (χ3n) is 4.85. The molecular formula is C24H20ClN3O6. The first kappa shape index (κ1) is 24.4. The maximum atomic E-state index is 12.5. The number of hydrogen-bond acceptors (Lipinski definition) is 7. The van der Waals surface area contributed by atoms with E-state index in [1.54, 1.807) is 20.3 Å². The molecule has 3 rings (SSSR count). The summed E-state index contributed by atoms with van der Waals surface area (Å²) in [5.41, 5.74) is 0.761. The minimum atomic E-state index is -0.571. The summed E-state index contributed by atoms with van der Waals surface area (Å²) in [6, 6.07) is 14.5. The molecule has 0 aliphatic carbocycles. The second-order valence-corrected chi connectivity index (χ2v) is 7.42. The zero-order chi connectivity index (χ0) is 24.7. The van der Waals surface area contributed by atoms with Crippen molar-refractivity contribution in [3.05, 3.63) is 80.6 Å². The number of nitro groups is 1. The molecule has 0 saturated carbocycles. The fourth-order valence-electron chi connectivity index (χ4n) is 3.18. The topological polar surface area (TPSA) is 128 Å². The van der Waals surface area contributed by atoms with Crippen LogP contribution in [0, 0.1) is 21.4 Å². The van der Waals surface area contributed by atoms with E-state index in [0.717, 1.165) is 5.56 Å². The van der Waals surface area contributed by atoms with Gasteiger partial charge < -0.3 is 19.2 Å². The van der Waals surface area contributed by atoms with Crippen LogP contribution in [-0.4, -0.2) is 31.6 Å². The van der Waals surface area contributed by atoms with E-state index in [0.29, 0.717) is 17.9 Å². The number of carbonyl (C=O) groups excluding carboxylic acids is 1. The van der Waals surface area contributed by atoms with E-state index in [4.69, 9.17) is 25.5 Å². The molecule has 0 bridgehead atoms. The number of nitrogens with zero attached hydrogens (tertiary/aromatic N) is 2. The predicted octanol–water partition coefficient (Wildman–Crippen LogP) is 4.79. The van der Waals surface area contributed by atoms with Crippen molar-refractivity contribution in [2.24, 2.45) is 0 Å². The van der Waals surface area contributed by atoms with E-state index in [-0.39, 0.29) is 39.9 Å². The molecule has 1 N–H and O–H groups in total. The summed E-state index contributed by atoms with van der Waals surface area (Å²) in [6.45, 7) is 0.285. The average molecular weight is 482 g/mol. The molecule has 34 heavy (non-hydrogen) atoms. The van der Waals surface area contributed by atoms with Gasteiger partial charge in [0.25, 0.3) is 11.6 Å². The van der Waals surface area contributed by atoms with Crippen LogP contribution in [-0.2, 0) is 11.2 Å². The molecule has 0 radical (unpaired) electrons. The average Bonchev–Trinajstić information content (AvgIpc) is 3.30. The summed E-state index contributed by atoms with van der Waals surface area (Å²) in [4.78, 5) is 23.2. The van der Waals surface area contributed by atoms with E-state index in [1.807, 2.05) is 18.2 Å². The first-order valence-corrected chi connectivity index (χ1v) is 10.4. The predicted molar refractivity (Wildman–Crippen MR) is 126 cm³/mol. The van der Waals surface area contributed by atoms with Gasteiger partial charge in [0, 0.05) is 23.7 Å². The molecule has 174 valence electrons. The van der Waals surface area contributed by atoms with Crippen molar-refractivity contribution in [3.63, 3.8) is 0 Å². The van der Waals surface area contributed by atoms with Crippen molar-refractivity contribution >= 4 is 29.3 Å². The molecule has 0 aliphatic rings. The highest BCUT2D eigenvalue weighted by Crippen LogP contribution is 2.33. The van der Waals surface area contributed by atoms with Crippen LogP contribution in [0.4, 0.5) is 5.69 Å². The molecule has 1 heterocycles. The molecular weight excluding hydrogens is 462 g/mol. The number of nitriles is 1. The van der Waals surface area contributed by atoms with Crippen molar-refractivity contribution in [2.75, 3.05) is 20.8 Å².